The van der Waals surface area contributed by atoms with Crippen LogP contribution in [0.4, 0.5) is 17.1 Å². The molecule has 0 aliphatic heterocycles. The Morgan fingerprint density at radius 2 is 1.69 bits per heavy atom. The molecule has 0 unspecified atom stereocenters. The third-order valence-corrected chi connectivity index (χ3v) is 5.11. The SMILES string of the molecule is N#Cc1cnc2cc(Oc3ccncc3)c([N+](=O)[O-])cc2c1Nc1ccc(Oc2ccccc2)nc1. The lowest BCUT2D eigenvalue weighted by atomic mass is 10.1. The van der Waals surface area contributed by atoms with Gasteiger partial charge in [-0.2, -0.15) is 5.26 Å². The maximum atomic E-state index is 11.9. The zero-order valence-corrected chi connectivity index (χ0v) is 18.5. The number of hydrogen-bond acceptors (Lipinski definition) is 9. The van der Waals surface area contributed by atoms with Crippen LogP contribution in [0.5, 0.6) is 23.1 Å². The molecule has 36 heavy (non-hydrogen) atoms. The van der Waals surface area contributed by atoms with Gasteiger partial charge in [-0.1, -0.05) is 18.2 Å². The number of pyridine rings is 3. The molecule has 0 aliphatic carbocycles. The van der Waals surface area contributed by atoms with Crippen molar-refractivity contribution in [3.8, 4) is 29.2 Å². The van der Waals surface area contributed by atoms with E-state index in [4.69, 9.17) is 9.47 Å². The first-order valence-corrected chi connectivity index (χ1v) is 10.7. The fourth-order valence-electron chi connectivity index (χ4n) is 3.45. The number of nitrogens with zero attached hydrogens (tertiary/aromatic N) is 5. The molecule has 174 valence electrons. The molecule has 0 atom stereocenters. The minimum absolute atomic E-state index is 0.0194. The average molecular weight is 476 g/mol. The monoisotopic (exact) mass is 476 g/mol. The lowest BCUT2D eigenvalue weighted by Crippen LogP contribution is -2.00. The van der Waals surface area contributed by atoms with Gasteiger partial charge in [-0.25, -0.2) is 4.98 Å². The standard InChI is InChI=1S/C26H16N6O4/c27-14-17-15-29-22-13-24(35-20-8-10-28-11-9-20)23(32(33)34)12-21(22)26(17)31-18-6-7-25(30-16-18)36-19-4-2-1-3-5-19/h1-13,15-16H,(H,29,31). The third-order valence-electron chi connectivity index (χ3n) is 5.11. The molecule has 0 amide bonds. The van der Waals surface area contributed by atoms with Crippen molar-refractivity contribution in [2.24, 2.45) is 0 Å². The summed E-state index contributed by atoms with van der Waals surface area (Å²) in [6, 6.07) is 20.7. The number of rotatable bonds is 7. The average Bonchev–Trinajstić information content (AvgIpc) is 2.90. The highest BCUT2D eigenvalue weighted by Gasteiger charge is 2.21. The van der Waals surface area contributed by atoms with Crippen LogP contribution in [0, 0.1) is 21.4 Å². The van der Waals surface area contributed by atoms with Crippen molar-refractivity contribution < 1.29 is 14.4 Å². The fraction of sp³-hybridized carbons (Fsp3) is 0. The van der Waals surface area contributed by atoms with Crippen molar-refractivity contribution in [3.63, 3.8) is 0 Å². The maximum absolute atomic E-state index is 11.9. The van der Waals surface area contributed by atoms with Crippen molar-refractivity contribution in [2.45, 2.75) is 0 Å². The highest BCUT2D eigenvalue weighted by atomic mass is 16.6. The van der Waals surface area contributed by atoms with Crippen LogP contribution in [0.3, 0.4) is 0 Å². The second-order valence-electron chi connectivity index (χ2n) is 7.46. The van der Waals surface area contributed by atoms with Crippen molar-refractivity contribution >= 4 is 28.0 Å². The zero-order valence-electron chi connectivity index (χ0n) is 18.5. The molecule has 0 spiro atoms. The van der Waals surface area contributed by atoms with E-state index in [0.29, 0.717) is 39.7 Å². The Morgan fingerprint density at radius 3 is 2.39 bits per heavy atom. The summed E-state index contributed by atoms with van der Waals surface area (Å²) in [6.45, 7) is 0. The van der Waals surface area contributed by atoms with Crippen LogP contribution in [0.15, 0.2) is 91.5 Å². The van der Waals surface area contributed by atoms with Gasteiger partial charge >= 0.3 is 5.69 Å². The van der Waals surface area contributed by atoms with Crippen molar-refractivity contribution in [2.75, 3.05) is 5.32 Å². The van der Waals surface area contributed by atoms with Crippen LogP contribution in [-0.4, -0.2) is 19.9 Å². The van der Waals surface area contributed by atoms with E-state index in [0.717, 1.165) is 0 Å². The second kappa shape index (κ2) is 9.74. The number of para-hydroxylation sites is 1. The minimum atomic E-state index is -0.546. The van der Waals surface area contributed by atoms with Gasteiger partial charge in [-0.05, 0) is 30.3 Å². The molecule has 0 aliphatic rings. The van der Waals surface area contributed by atoms with E-state index in [1.165, 1.54) is 30.7 Å². The van der Waals surface area contributed by atoms with Crippen molar-refractivity contribution in [3.05, 3.63) is 107 Å². The normalized spacial score (nSPS) is 10.4. The molecule has 5 rings (SSSR count). The van der Waals surface area contributed by atoms with Crippen LogP contribution in [0.25, 0.3) is 10.9 Å². The number of nitro benzene ring substituents is 1. The van der Waals surface area contributed by atoms with Gasteiger partial charge in [0.15, 0.2) is 0 Å². The summed E-state index contributed by atoms with van der Waals surface area (Å²) in [6.07, 6.45) is 5.98. The Bertz CT molecular complexity index is 1590. The molecule has 0 bridgehead atoms. The number of nitrogens with one attached hydrogen (secondary N) is 1. The number of nitro groups is 1. The van der Waals surface area contributed by atoms with Crippen LogP contribution in [0.2, 0.25) is 0 Å². The Labute approximate surface area is 204 Å². The van der Waals surface area contributed by atoms with Crippen LogP contribution in [-0.2, 0) is 0 Å². The molecule has 0 saturated heterocycles. The van der Waals surface area contributed by atoms with Gasteiger partial charge in [0.25, 0.3) is 0 Å². The molecule has 3 aromatic heterocycles. The minimum Gasteiger partial charge on any atom is -0.450 e. The van der Waals surface area contributed by atoms with E-state index in [9.17, 15) is 15.4 Å². The zero-order chi connectivity index (χ0) is 24.9. The van der Waals surface area contributed by atoms with Gasteiger partial charge in [0.2, 0.25) is 11.6 Å². The largest absolute Gasteiger partial charge is 0.450 e. The number of benzene rings is 2. The number of anilines is 2. The van der Waals surface area contributed by atoms with Crippen LogP contribution >= 0.6 is 0 Å². The molecule has 10 nitrogen and oxygen atoms in total. The quantitative estimate of drug-likeness (QED) is 0.217. The number of fused-ring (bicyclic) bond motifs is 1. The smallest absolute Gasteiger partial charge is 0.312 e. The van der Waals surface area contributed by atoms with E-state index < -0.39 is 4.92 Å². The molecule has 0 fully saturated rings. The summed E-state index contributed by atoms with van der Waals surface area (Å²) in [4.78, 5) is 23.8. The molecule has 10 heteroatoms. The predicted molar refractivity (Wildman–Crippen MR) is 131 cm³/mol. The molecule has 3 heterocycles. The molecule has 5 aromatic rings. The van der Waals surface area contributed by atoms with Crippen molar-refractivity contribution in [1.82, 2.24) is 15.0 Å². The van der Waals surface area contributed by atoms with Gasteiger partial charge in [0.05, 0.1) is 33.6 Å². The van der Waals surface area contributed by atoms with E-state index in [1.807, 2.05) is 30.3 Å². The lowest BCUT2D eigenvalue weighted by molar-refractivity contribution is -0.385. The summed E-state index contributed by atoms with van der Waals surface area (Å²) in [5.74, 6) is 1.45. The first-order chi connectivity index (χ1) is 17.6. The summed E-state index contributed by atoms with van der Waals surface area (Å²) < 4.78 is 11.4. The third kappa shape index (κ3) is 4.71. The first-order valence-electron chi connectivity index (χ1n) is 10.7. The molecular formula is C26H16N6O4. The summed E-state index contributed by atoms with van der Waals surface area (Å²) >= 11 is 0. The molecule has 1 N–H and O–H groups in total. The lowest BCUT2D eigenvalue weighted by Gasteiger charge is -2.13. The van der Waals surface area contributed by atoms with Crippen LogP contribution < -0.4 is 14.8 Å². The highest BCUT2D eigenvalue weighted by Crippen LogP contribution is 2.38. The summed E-state index contributed by atoms with van der Waals surface area (Å²) in [5.41, 5.74) is 1.26. The van der Waals surface area contributed by atoms with Gasteiger partial charge in [-0.3, -0.25) is 20.1 Å². The number of aromatic nitrogens is 3. The van der Waals surface area contributed by atoms with Crippen LogP contribution in [0.1, 0.15) is 5.56 Å². The Morgan fingerprint density at radius 1 is 0.917 bits per heavy atom. The number of hydrogen-bond donors (Lipinski definition) is 1. The Balaban J connectivity index is 1.50. The van der Waals surface area contributed by atoms with Gasteiger partial charge < -0.3 is 14.8 Å². The predicted octanol–water partition coefficient (Wildman–Crippen LogP) is 6.13. The van der Waals surface area contributed by atoms with E-state index in [1.54, 1.807) is 30.5 Å². The van der Waals surface area contributed by atoms with E-state index in [-0.39, 0.29) is 17.0 Å². The van der Waals surface area contributed by atoms with Gasteiger partial charge in [-0.15, -0.1) is 0 Å². The second-order valence-corrected chi connectivity index (χ2v) is 7.46. The highest BCUT2D eigenvalue weighted by molar-refractivity contribution is 5.98. The Hall–Kier alpha value is -5.56. The topological polar surface area (TPSA) is 136 Å². The Kier molecular flexibility index (Phi) is 6.02. The first kappa shape index (κ1) is 22.2. The van der Waals surface area contributed by atoms with Gasteiger partial charge in [0.1, 0.15) is 17.6 Å². The van der Waals surface area contributed by atoms with Crippen molar-refractivity contribution in [1.29, 1.82) is 5.26 Å². The molecular weight excluding hydrogens is 460 g/mol. The molecule has 0 saturated carbocycles. The fourth-order valence-corrected chi connectivity index (χ4v) is 3.45. The molecule has 0 radical (unpaired) electrons. The maximum Gasteiger partial charge on any atom is 0.312 e. The summed E-state index contributed by atoms with van der Waals surface area (Å²) in [5, 5.41) is 25.0. The number of ether oxygens (including phenoxy) is 2. The van der Waals surface area contributed by atoms with E-state index >= 15 is 0 Å². The summed E-state index contributed by atoms with van der Waals surface area (Å²) in [7, 11) is 0. The van der Waals surface area contributed by atoms with Gasteiger partial charge in [0, 0.05) is 42.2 Å². The number of nitriles is 1. The molecule has 2 aromatic carbocycles. The van der Waals surface area contributed by atoms with E-state index in [2.05, 4.69) is 26.3 Å².